The maximum atomic E-state index is 13.9. The Kier molecular flexibility index (Phi) is 6.34. The van der Waals surface area contributed by atoms with E-state index < -0.39 is 15.4 Å². The quantitative estimate of drug-likeness (QED) is 0.599. The minimum Gasteiger partial charge on any atom is -0.372 e. The molecule has 23 heavy (non-hydrogen) atoms. The highest BCUT2D eigenvalue weighted by Gasteiger charge is 2.19. The summed E-state index contributed by atoms with van der Waals surface area (Å²) in [4.78, 5) is 0. The second kappa shape index (κ2) is 7.86. The molecule has 0 unspecified atom stereocenters. The van der Waals surface area contributed by atoms with Crippen LogP contribution in [-0.4, -0.2) is 10.4 Å². The minimum absolute atomic E-state index is 0.00701. The molecule has 0 saturated carbocycles. The normalized spacial score (nSPS) is 11.6. The number of halogens is 6. The van der Waals surface area contributed by atoms with Crippen LogP contribution in [0.15, 0.2) is 36.4 Å². The summed E-state index contributed by atoms with van der Waals surface area (Å²) in [6.07, 6.45) is 0. The summed E-state index contributed by atoms with van der Waals surface area (Å²) >= 11 is 22.6. The predicted octanol–water partition coefficient (Wildman–Crippen LogP) is 6.25. The highest BCUT2D eigenvalue weighted by atomic mass is 35.6. The van der Waals surface area contributed by atoms with E-state index in [1.54, 1.807) is 0 Å². The molecule has 2 rings (SSSR count). The van der Waals surface area contributed by atoms with E-state index in [-0.39, 0.29) is 29.6 Å². The Bertz CT molecular complexity index is 671. The largest absolute Gasteiger partial charge is 0.372 e. The number of hydrogen-bond acceptors (Lipinski definition) is 2. The first kappa shape index (κ1) is 18.6. The lowest BCUT2D eigenvalue weighted by molar-refractivity contribution is 0.126. The Balaban J connectivity index is 2.15. The molecular weight excluding hydrogens is 390 g/mol. The highest BCUT2D eigenvalue weighted by molar-refractivity contribution is 6.67. The van der Waals surface area contributed by atoms with Gasteiger partial charge in [0.25, 0.3) is 0 Å². The maximum Gasteiger partial charge on any atom is 0.213 e. The van der Waals surface area contributed by atoms with Gasteiger partial charge in [-0.1, -0.05) is 58.5 Å². The lowest BCUT2D eigenvalue weighted by Crippen LogP contribution is -2.12. The molecule has 2 aromatic carbocycles. The molecule has 1 N–H and O–H groups in total. The van der Waals surface area contributed by atoms with Gasteiger partial charge in [-0.2, -0.15) is 0 Å². The van der Waals surface area contributed by atoms with Crippen LogP contribution in [0.2, 0.25) is 5.02 Å². The second-order valence-corrected chi connectivity index (χ2v) is 7.57. The molecule has 0 aromatic heterocycles. The molecular formula is C15H11Cl4F2NO. The third kappa shape index (κ3) is 5.66. The van der Waals surface area contributed by atoms with E-state index in [9.17, 15) is 8.78 Å². The van der Waals surface area contributed by atoms with Crippen LogP contribution in [0.25, 0.3) is 0 Å². The molecule has 0 aliphatic carbocycles. The molecule has 2 aromatic rings. The first-order valence-corrected chi connectivity index (χ1v) is 7.91. The van der Waals surface area contributed by atoms with Crippen LogP contribution in [0.1, 0.15) is 5.56 Å². The van der Waals surface area contributed by atoms with Gasteiger partial charge in [0.2, 0.25) is 3.79 Å². The molecule has 0 saturated heterocycles. The van der Waals surface area contributed by atoms with E-state index in [1.807, 2.05) is 0 Å². The van der Waals surface area contributed by atoms with E-state index in [4.69, 9.17) is 51.1 Å². The van der Waals surface area contributed by atoms with Gasteiger partial charge in [-0.25, -0.2) is 8.78 Å². The van der Waals surface area contributed by atoms with Crippen LogP contribution in [0.4, 0.5) is 20.2 Å². The van der Waals surface area contributed by atoms with E-state index in [0.717, 1.165) is 0 Å². The molecule has 0 fully saturated rings. The zero-order valence-corrected chi connectivity index (χ0v) is 14.6. The van der Waals surface area contributed by atoms with Gasteiger partial charge in [-0.3, -0.25) is 0 Å². The molecule has 0 amide bonds. The average Bonchev–Trinajstić information content (AvgIpc) is 2.44. The highest BCUT2D eigenvalue weighted by Crippen LogP contribution is 2.30. The van der Waals surface area contributed by atoms with Crippen molar-refractivity contribution in [2.75, 3.05) is 11.9 Å². The third-order valence-corrected chi connectivity index (χ3v) is 3.43. The summed E-state index contributed by atoms with van der Waals surface area (Å²) < 4.78 is 31.4. The molecule has 0 aliphatic heterocycles. The smallest absolute Gasteiger partial charge is 0.213 e. The summed E-state index contributed by atoms with van der Waals surface area (Å²) in [5, 5.41) is 2.78. The summed E-state index contributed by atoms with van der Waals surface area (Å²) in [5.41, 5.74) is 0.676. The van der Waals surface area contributed by atoms with Crippen LogP contribution in [0.3, 0.4) is 0 Å². The number of ether oxygens (including phenoxy) is 1. The topological polar surface area (TPSA) is 21.3 Å². The molecule has 0 aliphatic rings. The summed E-state index contributed by atoms with van der Waals surface area (Å²) in [7, 11) is 0. The van der Waals surface area contributed by atoms with E-state index in [1.165, 1.54) is 36.4 Å². The molecule has 0 atom stereocenters. The second-order valence-electron chi connectivity index (χ2n) is 4.64. The zero-order valence-electron chi connectivity index (χ0n) is 11.6. The van der Waals surface area contributed by atoms with Crippen molar-refractivity contribution < 1.29 is 13.5 Å². The number of alkyl halides is 3. The molecule has 0 radical (unpaired) electrons. The van der Waals surface area contributed by atoms with Crippen molar-refractivity contribution in [1.29, 1.82) is 0 Å². The van der Waals surface area contributed by atoms with Crippen LogP contribution in [0.5, 0.6) is 0 Å². The van der Waals surface area contributed by atoms with Gasteiger partial charge in [0.15, 0.2) is 0 Å². The predicted molar refractivity (Wildman–Crippen MR) is 91.0 cm³/mol. The fourth-order valence-electron chi connectivity index (χ4n) is 1.79. The van der Waals surface area contributed by atoms with E-state index >= 15 is 0 Å². The Hall–Kier alpha value is -0.780. The number of para-hydroxylation sites is 1. The first-order valence-electron chi connectivity index (χ1n) is 6.40. The van der Waals surface area contributed by atoms with Gasteiger partial charge < -0.3 is 10.1 Å². The van der Waals surface area contributed by atoms with Gasteiger partial charge in [-0.15, -0.1) is 0 Å². The summed E-state index contributed by atoms with van der Waals surface area (Å²) in [5.74, 6) is -1.15. The molecule has 8 heteroatoms. The molecule has 0 heterocycles. The van der Waals surface area contributed by atoms with E-state index in [0.29, 0.717) is 5.56 Å². The van der Waals surface area contributed by atoms with Gasteiger partial charge >= 0.3 is 0 Å². The maximum absolute atomic E-state index is 13.9. The van der Waals surface area contributed by atoms with Crippen molar-refractivity contribution in [3.05, 3.63) is 58.6 Å². The number of anilines is 2. The Morgan fingerprint density at radius 1 is 1.04 bits per heavy atom. The fourth-order valence-corrected chi connectivity index (χ4v) is 2.24. The molecule has 0 bridgehead atoms. The lowest BCUT2D eigenvalue weighted by Gasteiger charge is -2.13. The Labute approximate surface area is 152 Å². The van der Waals surface area contributed by atoms with Gasteiger partial charge in [0.05, 0.1) is 29.6 Å². The van der Waals surface area contributed by atoms with Crippen molar-refractivity contribution in [3.8, 4) is 0 Å². The number of nitrogens with one attached hydrogen (secondary N) is 1. The SMILES string of the molecule is Fc1ccc(COCC(Cl)(Cl)Cl)cc1Nc1c(F)cccc1Cl. The van der Waals surface area contributed by atoms with Gasteiger partial charge in [0, 0.05) is 0 Å². The van der Waals surface area contributed by atoms with Crippen LogP contribution < -0.4 is 5.32 Å². The zero-order chi connectivity index (χ0) is 17.0. The Morgan fingerprint density at radius 2 is 1.78 bits per heavy atom. The average molecular weight is 401 g/mol. The van der Waals surface area contributed by atoms with Crippen molar-refractivity contribution in [2.45, 2.75) is 10.4 Å². The van der Waals surface area contributed by atoms with Crippen LogP contribution >= 0.6 is 46.4 Å². The minimum atomic E-state index is -1.53. The number of benzene rings is 2. The molecule has 0 spiro atoms. The Morgan fingerprint density at radius 3 is 2.43 bits per heavy atom. The standard InChI is InChI=1S/C15H11Cl4F2NO/c16-10-2-1-3-12(21)14(10)22-13-6-9(4-5-11(13)20)7-23-8-15(17,18)19/h1-6,22H,7-8H2. The lowest BCUT2D eigenvalue weighted by atomic mass is 10.2. The molecule has 124 valence electrons. The van der Waals surface area contributed by atoms with Gasteiger partial charge in [0.1, 0.15) is 11.6 Å². The van der Waals surface area contributed by atoms with Crippen molar-refractivity contribution in [3.63, 3.8) is 0 Å². The summed E-state index contributed by atoms with van der Waals surface area (Å²) in [6.45, 7) is -0.00911. The molecule has 2 nitrogen and oxygen atoms in total. The van der Waals surface area contributed by atoms with Gasteiger partial charge in [-0.05, 0) is 29.8 Å². The van der Waals surface area contributed by atoms with Crippen molar-refractivity contribution in [1.82, 2.24) is 0 Å². The first-order chi connectivity index (χ1) is 10.8. The van der Waals surface area contributed by atoms with E-state index in [2.05, 4.69) is 5.32 Å². The summed E-state index contributed by atoms with van der Waals surface area (Å²) in [6, 6.07) is 8.39. The van der Waals surface area contributed by atoms with Crippen molar-refractivity contribution >= 4 is 57.8 Å². The fraction of sp³-hybridized carbons (Fsp3) is 0.200. The third-order valence-electron chi connectivity index (χ3n) is 2.79. The van der Waals surface area contributed by atoms with Crippen LogP contribution in [-0.2, 0) is 11.3 Å². The van der Waals surface area contributed by atoms with Crippen LogP contribution in [0, 0.1) is 11.6 Å². The number of hydrogen-bond donors (Lipinski definition) is 1. The monoisotopic (exact) mass is 399 g/mol. The van der Waals surface area contributed by atoms with Crippen molar-refractivity contribution in [2.24, 2.45) is 0 Å². The number of rotatable bonds is 5.